The molecule has 0 spiro atoms. The summed E-state index contributed by atoms with van der Waals surface area (Å²) in [6.07, 6.45) is 5.54. The van der Waals surface area contributed by atoms with Crippen LogP contribution < -0.4 is 31.9 Å². The Morgan fingerprint density at radius 2 is 1.68 bits per heavy atom. The number of carbonyl (C=O) groups excluding carboxylic acids is 8. The number of nitrogens with one attached hydrogen (secondary N) is 7. The Labute approximate surface area is 395 Å². The molecule has 1 fully saturated rings. The molecule has 2 aliphatic heterocycles. The normalized spacial score (nSPS) is 23.4. The van der Waals surface area contributed by atoms with Gasteiger partial charge in [0.2, 0.25) is 47.1 Å². The number of hydrogen-bond acceptors (Lipinski definition) is 12. The van der Waals surface area contributed by atoms with Crippen LogP contribution in [0.5, 0.6) is 5.75 Å². The van der Waals surface area contributed by atoms with Gasteiger partial charge in [-0.25, -0.2) is 4.98 Å². The molecule has 1 saturated heterocycles. The number of Topliss-reactive ketones (excluding diaryl/α,β-unsaturated/α-hetero) is 1. The predicted molar refractivity (Wildman–Crippen MR) is 250 cm³/mol. The second kappa shape index (κ2) is 23.9. The van der Waals surface area contributed by atoms with E-state index in [1.54, 1.807) is 19.2 Å². The van der Waals surface area contributed by atoms with Crippen molar-refractivity contribution in [3.05, 3.63) is 53.9 Å². The van der Waals surface area contributed by atoms with E-state index in [1.165, 1.54) is 36.3 Å². The molecule has 0 saturated carbocycles. The third kappa shape index (κ3) is 14.0. The third-order valence-corrected chi connectivity index (χ3v) is 12.2. The maximum Gasteiger partial charge on any atom is 0.290 e. The van der Waals surface area contributed by atoms with Crippen LogP contribution >= 0.6 is 0 Å². The lowest BCUT2D eigenvalue weighted by molar-refractivity contribution is -0.144. The zero-order chi connectivity index (χ0) is 49.8. The maximum atomic E-state index is 14.6. The molecule has 2 unspecified atom stereocenters. The first-order chi connectivity index (χ1) is 32.3. The van der Waals surface area contributed by atoms with E-state index in [2.05, 4.69) is 41.9 Å². The molecule has 9 N–H and O–H groups in total. The van der Waals surface area contributed by atoms with Crippen LogP contribution in [0.3, 0.4) is 0 Å². The number of aliphatic hydroxyl groups is 1. The topological polar surface area (TPSA) is 294 Å². The summed E-state index contributed by atoms with van der Waals surface area (Å²) >= 11 is 0. The van der Waals surface area contributed by atoms with Gasteiger partial charge in [0.1, 0.15) is 54.0 Å². The summed E-state index contributed by atoms with van der Waals surface area (Å²) in [4.78, 5) is 119. The van der Waals surface area contributed by atoms with Crippen LogP contribution in [0.1, 0.15) is 117 Å². The number of benzene rings is 1. The summed E-state index contributed by atoms with van der Waals surface area (Å²) in [5.74, 6) is -6.46. The number of amides is 7. The fraction of sp³-hybridized carbons (Fsp3) is 0.562. The number of ketones is 1. The smallest absolute Gasteiger partial charge is 0.290 e. The van der Waals surface area contributed by atoms with Crippen LogP contribution in [-0.4, -0.2) is 122 Å². The number of rotatable bonds is 12. The molecule has 5 rings (SSSR count). The van der Waals surface area contributed by atoms with E-state index in [0.717, 1.165) is 6.08 Å². The molecule has 8 atom stereocenters. The molecule has 3 aromatic rings. The van der Waals surface area contributed by atoms with Crippen molar-refractivity contribution in [2.75, 3.05) is 13.1 Å². The van der Waals surface area contributed by atoms with Gasteiger partial charge in [-0.05, 0) is 93.0 Å². The van der Waals surface area contributed by atoms with E-state index in [4.69, 9.17) is 4.42 Å². The monoisotopic (exact) mass is 945 g/mol. The van der Waals surface area contributed by atoms with Crippen molar-refractivity contribution in [3.8, 4) is 5.75 Å². The van der Waals surface area contributed by atoms with Crippen LogP contribution in [-0.2, 0) is 44.8 Å². The number of fused-ring (bicyclic) bond motifs is 4. The molecule has 7 amide bonds. The van der Waals surface area contributed by atoms with Gasteiger partial charge in [0, 0.05) is 42.7 Å². The SMILES string of the molecule is CCC(C)C(O)C(=O)N[C@H](CC(C)C)C(=O)N[C@H]1CCCNC(=O)[C@H](Cc2c[nH]c3ccc(O)cc23)NC(=O)/C=C\c2coc(n2)[C@H](C)NC(=O)C(=O)[C@H](CC(C)C)NC(=O)[C@@H]2CCCN2C1=O. The number of aromatic amines is 1. The number of hydrogen-bond donors (Lipinski definition) is 9. The summed E-state index contributed by atoms with van der Waals surface area (Å²) in [5.41, 5.74) is 1.52. The van der Waals surface area contributed by atoms with Gasteiger partial charge in [0.25, 0.3) is 5.91 Å². The number of phenols is 1. The molecule has 370 valence electrons. The molecular weight excluding hydrogens is 879 g/mol. The molecule has 1 aromatic carbocycles. The van der Waals surface area contributed by atoms with Crippen LogP contribution in [0.25, 0.3) is 17.0 Å². The van der Waals surface area contributed by atoms with Gasteiger partial charge in [-0.1, -0.05) is 48.0 Å². The highest BCUT2D eigenvalue weighted by atomic mass is 16.3. The van der Waals surface area contributed by atoms with Gasteiger partial charge < -0.3 is 56.4 Å². The van der Waals surface area contributed by atoms with Crippen molar-refractivity contribution >= 4 is 64.1 Å². The Bertz CT molecular complexity index is 2340. The van der Waals surface area contributed by atoms with Crippen molar-refractivity contribution in [1.29, 1.82) is 0 Å². The molecular formula is C48H67N9O11. The number of aliphatic hydroxyl groups excluding tert-OH is 1. The predicted octanol–water partition coefficient (Wildman–Crippen LogP) is 2.20. The zero-order valence-electron chi connectivity index (χ0n) is 39.8. The van der Waals surface area contributed by atoms with Crippen LogP contribution in [0.15, 0.2) is 41.2 Å². The molecule has 2 aromatic heterocycles. The molecule has 68 heavy (non-hydrogen) atoms. The van der Waals surface area contributed by atoms with E-state index in [-0.39, 0.29) is 80.8 Å². The first-order valence-electron chi connectivity index (χ1n) is 23.5. The molecule has 0 aliphatic carbocycles. The number of aromatic hydroxyl groups is 1. The Kier molecular flexibility index (Phi) is 18.4. The highest BCUT2D eigenvalue weighted by Crippen LogP contribution is 2.25. The highest BCUT2D eigenvalue weighted by Gasteiger charge is 2.40. The lowest BCUT2D eigenvalue weighted by Crippen LogP contribution is -2.58. The fourth-order valence-electron chi connectivity index (χ4n) is 8.30. The lowest BCUT2D eigenvalue weighted by atomic mass is 9.98. The quantitative estimate of drug-likeness (QED) is 0.118. The standard InChI is InChI=1S/C48H67N9O11/c1-8-27(6)40(60)45(65)56-36(20-26(4)5)43(63)54-34-11-9-17-49-42(62)37(21-29-23-50-33-15-14-31(58)22-32(29)33)53-39(59)16-13-30-24-68-47(52-30)28(7)51-46(66)41(61)35(19-25(2)3)55-44(64)38-12-10-18-57(38)48(34)67/h13-16,22-28,34-38,40,50,58,60H,8-12,17-21H2,1-7H3,(H,49,62)(H,51,66)(H,53,59)(H,54,63)(H,55,64)(H,56,65)/b16-13-/t27?,28-,34-,35-,36+,37-,38-,40?/m0/s1. The Hall–Kier alpha value is -6.57. The van der Waals surface area contributed by atoms with Crippen molar-refractivity contribution in [2.24, 2.45) is 17.8 Å². The van der Waals surface area contributed by atoms with Crippen LogP contribution in [0.4, 0.5) is 0 Å². The highest BCUT2D eigenvalue weighted by molar-refractivity contribution is 6.38. The largest absolute Gasteiger partial charge is 0.508 e. The van der Waals surface area contributed by atoms with Gasteiger partial charge in [0.15, 0.2) is 0 Å². The summed E-state index contributed by atoms with van der Waals surface area (Å²) in [6.45, 7) is 12.5. The van der Waals surface area contributed by atoms with Crippen molar-refractivity contribution in [2.45, 2.75) is 142 Å². The summed E-state index contributed by atoms with van der Waals surface area (Å²) in [6, 6.07) is -2.05. The average Bonchev–Trinajstić information content (AvgIpc) is 4.08. The van der Waals surface area contributed by atoms with Gasteiger partial charge in [-0.15, -0.1) is 0 Å². The van der Waals surface area contributed by atoms with Gasteiger partial charge in [-0.3, -0.25) is 38.4 Å². The van der Waals surface area contributed by atoms with Crippen molar-refractivity contribution in [3.63, 3.8) is 0 Å². The molecule has 20 nitrogen and oxygen atoms in total. The first-order valence-corrected chi connectivity index (χ1v) is 23.5. The number of H-pyrrole nitrogens is 1. The van der Waals surface area contributed by atoms with E-state index in [1.807, 2.05) is 34.6 Å². The number of oxazole rings is 1. The zero-order valence-corrected chi connectivity index (χ0v) is 39.8. The van der Waals surface area contributed by atoms with E-state index < -0.39 is 95.4 Å². The molecule has 0 radical (unpaired) electrons. The first kappa shape index (κ1) is 52.4. The molecule has 2 bridgehead atoms. The van der Waals surface area contributed by atoms with E-state index in [9.17, 15) is 48.6 Å². The Morgan fingerprint density at radius 1 is 0.926 bits per heavy atom. The van der Waals surface area contributed by atoms with Crippen LogP contribution in [0.2, 0.25) is 0 Å². The minimum absolute atomic E-state index is 0.00120. The van der Waals surface area contributed by atoms with E-state index in [0.29, 0.717) is 29.3 Å². The molecule has 2 aliphatic rings. The van der Waals surface area contributed by atoms with Crippen LogP contribution in [0, 0.1) is 17.8 Å². The third-order valence-electron chi connectivity index (χ3n) is 12.2. The Morgan fingerprint density at radius 3 is 2.38 bits per heavy atom. The number of carbonyl (C=O) groups is 8. The average molecular weight is 946 g/mol. The van der Waals surface area contributed by atoms with Gasteiger partial charge in [-0.2, -0.15) is 0 Å². The summed E-state index contributed by atoms with van der Waals surface area (Å²) in [7, 11) is 0. The second-order valence-corrected chi connectivity index (χ2v) is 18.7. The second-order valence-electron chi connectivity index (χ2n) is 18.7. The fourth-order valence-corrected chi connectivity index (χ4v) is 8.30. The Balaban J connectivity index is 1.47. The van der Waals surface area contributed by atoms with E-state index >= 15 is 0 Å². The number of aromatic nitrogens is 2. The minimum Gasteiger partial charge on any atom is -0.508 e. The summed E-state index contributed by atoms with van der Waals surface area (Å²) < 4.78 is 5.55. The number of phenolic OH excluding ortho intramolecular Hbond substituents is 1. The summed E-state index contributed by atoms with van der Waals surface area (Å²) in [5, 5.41) is 37.8. The van der Waals surface area contributed by atoms with Gasteiger partial charge in [0.05, 0.1) is 6.04 Å². The maximum absolute atomic E-state index is 14.6. The lowest BCUT2D eigenvalue weighted by Gasteiger charge is -2.31. The van der Waals surface area contributed by atoms with Crippen molar-refractivity contribution < 1.29 is 53.0 Å². The van der Waals surface area contributed by atoms with Crippen molar-refractivity contribution in [1.82, 2.24) is 46.8 Å². The minimum atomic E-state index is -1.38. The number of nitrogens with zero attached hydrogens (tertiary/aromatic N) is 2. The van der Waals surface area contributed by atoms with Gasteiger partial charge >= 0.3 is 0 Å². The molecule has 4 heterocycles. The molecule has 20 heteroatoms.